The highest BCUT2D eigenvalue weighted by Crippen LogP contribution is 2.36. The van der Waals surface area contributed by atoms with E-state index >= 15 is 0 Å². The van der Waals surface area contributed by atoms with Crippen molar-refractivity contribution in [2.75, 3.05) is 27.4 Å². The Balaban J connectivity index is 2.13. The quantitative estimate of drug-likeness (QED) is 0.728. The first kappa shape index (κ1) is 15.0. The Morgan fingerprint density at radius 3 is 2.70 bits per heavy atom. The number of nitrogens with zero attached hydrogens (tertiary/aromatic N) is 4. The van der Waals surface area contributed by atoms with Gasteiger partial charge in [0.2, 0.25) is 5.88 Å². The summed E-state index contributed by atoms with van der Waals surface area (Å²) >= 11 is 0. The molecule has 0 amide bonds. The van der Waals surface area contributed by atoms with Crippen molar-refractivity contribution >= 4 is 5.65 Å². The zero-order valence-corrected chi connectivity index (χ0v) is 12.9. The monoisotopic (exact) mass is 315 g/mol. The van der Waals surface area contributed by atoms with Crippen LogP contribution in [0.15, 0.2) is 30.3 Å². The Morgan fingerprint density at radius 2 is 1.96 bits per heavy atom. The highest BCUT2D eigenvalue weighted by Gasteiger charge is 2.17. The number of para-hydroxylation sites is 1. The molecule has 23 heavy (non-hydrogen) atoms. The fraction of sp³-hybridized carbons (Fsp3) is 0.267. The van der Waals surface area contributed by atoms with E-state index in [1.807, 2.05) is 18.2 Å². The van der Waals surface area contributed by atoms with Crippen molar-refractivity contribution in [1.82, 2.24) is 19.8 Å². The van der Waals surface area contributed by atoms with Gasteiger partial charge in [-0.05, 0) is 18.2 Å². The van der Waals surface area contributed by atoms with Crippen LogP contribution in [0.5, 0.6) is 17.4 Å². The molecule has 120 valence electrons. The second-order valence-corrected chi connectivity index (χ2v) is 4.64. The predicted molar refractivity (Wildman–Crippen MR) is 83.9 cm³/mol. The van der Waals surface area contributed by atoms with Crippen LogP contribution in [0.25, 0.3) is 17.0 Å². The first-order chi connectivity index (χ1) is 11.3. The van der Waals surface area contributed by atoms with E-state index in [0.29, 0.717) is 42.0 Å². The summed E-state index contributed by atoms with van der Waals surface area (Å²) in [4.78, 5) is 0. The van der Waals surface area contributed by atoms with Crippen LogP contribution in [-0.4, -0.2) is 47.2 Å². The number of aromatic nitrogens is 4. The highest BCUT2D eigenvalue weighted by molar-refractivity contribution is 5.70. The van der Waals surface area contributed by atoms with Crippen molar-refractivity contribution in [2.45, 2.75) is 0 Å². The lowest BCUT2D eigenvalue weighted by molar-refractivity contribution is 0.310. The molecule has 2 N–H and O–H groups in total. The van der Waals surface area contributed by atoms with Crippen LogP contribution in [0, 0.1) is 0 Å². The molecule has 3 aromatic rings. The van der Waals surface area contributed by atoms with Crippen LogP contribution in [0.1, 0.15) is 0 Å². The molecule has 1 aromatic carbocycles. The van der Waals surface area contributed by atoms with Crippen molar-refractivity contribution in [1.29, 1.82) is 0 Å². The number of rotatable bonds is 6. The van der Waals surface area contributed by atoms with Gasteiger partial charge in [-0.3, -0.25) is 0 Å². The van der Waals surface area contributed by atoms with E-state index in [-0.39, 0.29) is 0 Å². The molecule has 3 rings (SSSR count). The second-order valence-electron chi connectivity index (χ2n) is 4.64. The van der Waals surface area contributed by atoms with E-state index in [9.17, 15) is 0 Å². The average molecular weight is 315 g/mol. The first-order valence-corrected chi connectivity index (χ1v) is 7.05. The number of benzene rings is 1. The van der Waals surface area contributed by atoms with Gasteiger partial charge in [-0.1, -0.05) is 6.07 Å². The number of methoxy groups -OCH3 is 2. The molecule has 0 saturated carbocycles. The van der Waals surface area contributed by atoms with Crippen LogP contribution >= 0.6 is 0 Å². The maximum absolute atomic E-state index is 5.46. The molecule has 8 heteroatoms. The van der Waals surface area contributed by atoms with Gasteiger partial charge >= 0.3 is 0 Å². The third-order valence-corrected chi connectivity index (χ3v) is 3.25. The normalized spacial score (nSPS) is 10.7. The molecule has 0 atom stereocenters. The largest absolute Gasteiger partial charge is 0.493 e. The van der Waals surface area contributed by atoms with Gasteiger partial charge in [0.05, 0.1) is 19.8 Å². The smallest absolute Gasteiger partial charge is 0.231 e. The number of fused-ring (bicyclic) bond motifs is 1. The fourth-order valence-corrected chi connectivity index (χ4v) is 2.24. The Bertz CT molecular complexity index is 818. The summed E-state index contributed by atoms with van der Waals surface area (Å²) in [7, 11) is 3.16. The standard InChI is InChI=1S/C15H17N5O3/c1-21-11-5-3-4-10(14(11)22-2)15-18-17-12-6-7-13(19-20(12)15)23-9-8-16/h3-7H,8-9,16H2,1-2H3. The van der Waals surface area contributed by atoms with Crippen molar-refractivity contribution in [3.8, 4) is 28.8 Å². The van der Waals surface area contributed by atoms with Gasteiger partial charge in [0.15, 0.2) is 23.0 Å². The lowest BCUT2D eigenvalue weighted by Gasteiger charge is -2.11. The van der Waals surface area contributed by atoms with Gasteiger partial charge < -0.3 is 19.9 Å². The molecule has 8 nitrogen and oxygen atoms in total. The molecular weight excluding hydrogens is 298 g/mol. The second kappa shape index (κ2) is 6.49. The number of ether oxygens (including phenoxy) is 3. The summed E-state index contributed by atoms with van der Waals surface area (Å²) in [5.74, 6) is 2.16. The zero-order chi connectivity index (χ0) is 16.2. The highest BCUT2D eigenvalue weighted by atomic mass is 16.5. The average Bonchev–Trinajstić information content (AvgIpc) is 3.02. The lowest BCUT2D eigenvalue weighted by Crippen LogP contribution is -2.12. The summed E-state index contributed by atoms with van der Waals surface area (Å²) in [6.45, 7) is 0.802. The fourth-order valence-electron chi connectivity index (χ4n) is 2.24. The van der Waals surface area contributed by atoms with Crippen molar-refractivity contribution in [3.05, 3.63) is 30.3 Å². The zero-order valence-electron chi connectivity index (χ0n) is 12.9. The van der Waals surface area contributed by atoms with E-state index < -0.39 is 0 Å². The van der Waals surface area contributed by atoms with Gasteiger partial charge in [0, 0.05) is 12.6 Å². The summed E-state index contributed by atoms with van der Waals surface area (Å²) in [5, 5.41) is 12.7. The molecule has 2 aromatic heterocycles. The van der Waals surface area contributed by atoms with Crippen molar-refractivity contribution in [3.63, 3.8) is 0 Å². The Morgan fingerprint density at radius 1 is 1.09 bits per heavy atom. The molecule has 0 aliphatic heterocycles. The predicted octanol–water partition coefficient (Wildman–Crippen LogP) is 1.15. The minimum Gasteiger partial charge on any atom is -0.493 e. The van der Waals surface area contributed by atoms with Gasteiger partial charge in [0.25, 0.3) is 0 Å². The van der Waals surface area contributed by atoms with E-state index in [2.05, 4.69) is 15.3 Å². The molecular formula is C15H17N5O3. The minimum atomic E-state index is 0.387. The molecule has 0 saturated heterocycles. The van der Waals surface area contributed by atoms with E-state index in [1.54, 1.807) is 30.9 Å². The van der Waals surface area contributed by atoms with Crippen LogP contribution < -0.4 is 19.9 Å². The van der Waals surface area contributed by atoms with Gasteiger partial charge in [0.1, 0.15) is 6.61 Å². The minimum absolute atomic E-state index is 0.387. The van der Waals surface area contributed by atoms with E-state index in [1.165, 1.54) is 0 Å². The van der Waals surface area contributed by atoms with E-state index in [4.69, 9.17) is 19.9 Å². The van der Waals surface area contributed by atoms with Gasteiger partial charge in [-0.2, -0.15) is 4.52 Å². The topological polar surface area (TPSA) is 96.8 Å². The van der Waals surface area contributed by atoms with Crippen LogP contribution in [0.3, 0.4) is 0 Å². The summed E-state index contributed by atoms with van der Waals surface area (Å²) in [6, 6.07) is 9.04. The van der Waals surface area contributed by atoms with Crippen LogP contribution in [-0.2, 0) is 0 Å². The molecule has 0 bridgehead atoms. The summed E-state index contributed by atoms with van der Waals surface area (Å²) < 4.78 is 17.8. The third-order valence-electron chi connectivity index (χ3n) is 3.25. The van der Waals surface area contributed by atoms with E-state index in [0.717, 1.165) is 5.56 Å². The molecule has 0 radical (unpaired) electrons. The maximum atomic E-state index is 5.46. The van der Waals surface area contributed by atoms with Crippen LogP contribution in [0.2, 0.25) is 0 Å². The third kappa shape index (κ3) is 2.76. The summed E-state index contributed by atoms with van der Waals surface area (Å²) in [6.07, 6.45) is 0. The number of hydrogen-bond acceptors (Lipinski definition) is 7. The lowest BCUT2D eigenvalue weighted by atomic mass is 10.1. The van der Waals surface area contributed by atoms with Gasteiger partial charge in [-0.15, -0.1) is 15.3 Å². The molecule has 0 spiro atoms. The number of nitrogens with two attached hydrogens (primary N) is 1. The molecule has 2 heterocycles. The maximum Gasteiger partial charge on any atom is 0.231 e. The Hall–Kier alpha value is -2.87. The van der Waals surface area contributed by atoms with Crippen LogP contribution in [0.4, 0.5) is 0 Å². The van der Waals surface area contributed by atoms with Gasteiger partial charge in [-0.25, -0.2) is 0 Å². The first-order valence-electron chi connectivity index (χ1n) is 7.05. The molecule has 0 fully saturated rings. The molecule has 0 aliphatic carbocycles. The van der Waals surface area contributed by atoms with Crippen molar-refractivity contribution < 1.29 is 14.2 Å². The molecule has 0 aliphatic rings. The Labute approximate surface area is 132 Å². The summed E-state index contributed by atoms with van der Waals surface area (Å²) in [5.41, 5.74) is 6.77. The van der Waals surface area contributed by atoms with Crippen molar-refractivity contribution in [2.24, 2.45) is 5.73 Å². The SMILES string of the molecule is COc1cccc(-c2nnc3ccc(OCCN)nn23)c1OC. The molecule has 0 unspecified atom stereocenters. The number of hydrogen-bond donors (Lipinski definition) is 1. The Kier molecular flexibility index (Phi) is 4.24.